The van der Waals surface area contributed by atoms with Gasteiger partial charge in [-0.05, 0) is 55.9 Å². The Morgan fingerprint density at radius 1 is 1.25 bits per heavy atom. The second-order valence-electron chi connectivity index (χ2n) is 11.6. The first kappa shape index (κ1) is 30.0. The van der Waals surface area contributed by atoms with E-state index in [1.54, 1.807) is 29.4 Å². The number of carbonyl (C=O) groups is 3. The summed E-state index contributed by atoms with van der Waals surface area (Å²) in [6, 6.07) is 2.60. The number of likely N-dealkylation sites (N-methyl/N-ethyl adjacent to an activating group) is 1. The summed E-state index contributed by atoms with van der Waals surface area (Å²) >= 11 is 0. The van der Waals surface area contributed by atoms with E-state index < -0.39 is 29.0 Å². The van der Waals surface area contributed by atoms with Gasteiger partial charge in [0.1, 0.15) is 24.8 Å². The lowest BCUT2D eigenvalue weighted by atomic mass is 9.81. The number of aliphatic hydroxyl groups is 1. The molecule has 0 saturated heterocycles. The number of esters is 1. The number of hydrogen-bond acceptors (Lipinski definition) is 9. The third-order valence-corrected chi connectivity index (χ3v) is 9.36. The first-order valence-corrected chi connectivity index (χ1v) is 15.0. The van der Waals surface area contributed by atoms with Crippen molar-refractivity contribution in [3.05, 3.63) is 61.7 Å². The molecule has 0 unspecified atom stereocenters. The molecule has 0 bridgehead atoms. The zero-order valence-corrected chi connectivity index (χ0v) is 25.0. The smallest absolute Gasteiger partial charge is 0.343 e. The molecule has 0 fully saturated rings. The molecule has 1 aliphatic carbocycles. The normalized spacial score (nSPS) is 19.8. The van der Waals surface area contributed by atoms with Crippen molar-refractivity contribution in [2.75, 3.05) is 26.3 Å². The molecule has 3 aromatic rings. The summed E-state index contributed by atoms with van der Waals surface area (Å²) < 4.78 is 27.5. The number of aromatic nitrogens is 2. The van der Waals surface area contributed by atoms with Crippen LogP contribution in [0.4, 0.5) is 4.39 Å². The van der Waals surface area contributed by atoms with E-state index in [0.29, 0.717) is 41.9 Å². The first-order valence-electron chi connectivity index (χ1n) is 15.0. The maximum Gasteiger partial charge on any atom is 0.343 e. The summed E-state index contributed by atoms with van der Waals surface area (Å²) in [5, 5.41) is 12.0. The number of hydrogen-bond donors (Lipinski definition) is 2. The van der Waals surface area contributed by atoms with Crippen molar-refractivity contribution in [3.8, 4) is 11.4 Å². The van der Waals surface area contributed by atoms with E-state index in [0.717, 1.165) is 22.1 Å². The van der Waals surface area contributed by atoms with Crippen molar-refractivity contribution >= 4 is 28.6 Å². The van der Waals surface area contributed by atoms with E-state index in [9.17, 15) is 24.3 Å². The summed E-state index contributed by atoms with van der Waals surface area (Å²) in [7, 11) is 0. The molecular formula is C32H35FN4O7. The first-order chi connectivity index (χ1) is 21.0. The van der Waals surface area contributed by atoms with E-state index in [4.69, 9.17) is 20.2 Å². The van der Waals surface area contributed by atoms with E-state index >= 15 is 4.39 Å². The van der Waals surface area contributed by atoms with Crippen molar-refractivity contribution in [3.63, 3.8) is 0 Å². The number of pyridine rings is 2. The van der Waals surface area contributed by atoms with Crippen molar-refractivity contribution in [2.45, 2.75) is 71.2 Å². The van der Waals surface area contributed by atoms with Crippen LogP contribution in [-0.2, 0) is 49.0 Å². The summed E-state index contributed by atoms with van der Waals surface area (Å²) in [5.74, 6) is -1.62. The third-order valence-electron chi connectivity index (χ3n) is 9.36. The van der Waals surface area contributed by atoms with Gasteiger partial charge in [0.15, 0.2) is 5.60 Å². The number of nitrogens with two attached hydrogens (primary N) is 1. The van der Waals surface area contributed by atoms with Gasteiger partial charge in [-0.15, -0.1) is 0 Å². The Morgan fingerprint density at radius 2 is 2.02 bits per heavy atom. The topological polar surface area (TPSA) is 154 Å². The molecule has 0 saturated carbocycles. The Kier molecular flexibility index (Phi) is 7.63. The molecule has 0 radical (unpaired) electrons. The highest BCUT2D eigenvalue weighted by atomic mass is 19.1. The highest BCUT2D eigenvalue weighted by Crippen LogP contribution is 2.47. The van der Waals surface area contributed by atoms with Crippen LogP contribution in [0.1, 0.15) is 72.5 Å². The van der Waals surface area contributed by atoms with Crippen LogP contribution in [0.3, 0.4) is 0 Å². The minimum Gasteiger partial charge on any atom is -0.458 e. The van der Waals surface area contributed by atoms with Crippen LogP contribution < -0.4 is 11.3 Å². The monoisotopic (exact) mass is 606 g/mol. The van der Waals surface area contributed by atoms with Gasteiger partial charge in [-0.3, -0.25) is 14.4 Å². The third kappa shape index (κ3) is 4.46. The number of halogens is 1. The summed E-state index contributed by atoms with van der Waals surface area (Å²) in [6.07, 6.45) is 1.18. The molecule has 11 nitrogen and oxygen atoms in total. The second-order valence-corrected chi connectivity index (χ2v) is 11.6. The van der Waals surface area contributed by atoms with Crippen LogP contribution in [0.15, 0.2) is 16.9 Å². The van der Waals surface area contributed by atoms with Gasteiger partial charge in [0.2, 0.25) is 5.91 Å². The predicted molar refractivity (Wildman–Crippen MR) is 157 cm³/mol. The number of rotatable bonds is 9. The van der Waals surface area contributed by atoms with E-state index in [1.165, 1.54) is 6.07 Å². The number of ether oxygens (including phenoxy) is 2. The molecule has 12 heteroatoms. The van der Waals surface area contributed by atoms with Gasteiger partial charge in [-0.1, -0.05) is 6.92 Å². The van der Waals surface area contributed by atoms with E-state index in [1.807, 2.05) is 6.92 Å². The fourth-order valence-electron chi connectivity index (χ4n) is 6.94. The van der Waals surface area contributed by atoms with Gasteiger partial charge in [-0.2, -0.15) is 0 Å². The van der Waals surface area contributed by atoms with Crippen LogP contribution in [-0.4, -0.2) is 63.5 Å². The number of benzene rings is 1. The molecule has 3 N–H and O–H groups in total. The lowest BCUT2D eigenvalue weighted by Gasteiger charge is -2.37. The van der Waals surface area contributed by atoms with Crippen LogP contribution in [0, 0.1) is 12.7 Å². The highest BCUT2D eigenvalue weighted by Gasteiger charge is 2.46. The molecule has 4 heterocycles. The Hall–Kier alpha value is -4.00. The summed E-state index contributed by atoms with van der Waals surface area (Å²) in [5.41, 5.74) is 7.55. The second kappa shape index (κ2) is 11.2. The Bertz CT molecular complexity index is 1800. The molecule has 3 aliphatic rings. The molecule has 2 aliphatic heterocycles. The average molecular weight is 607 g/mol. The van der Waals surface area contributed by atoms with Crippen molar-refractivity contribution in [1.29, 1.82) is 0 Å². The van der Waals surface area contributed by atoms with Gasteiger partial charge < -0.3 is 29.8 Å². The van der Waals surface area contributed by atoms with Gasteiger partial charge in [0.05, 0.1) is 48.2 Å². The van der Waals surface area contributed by atoms with Gasteiger partial charge >= 0.3 is 5.97 Å². The number of Topliss-reactive ketones (excluding diaryl/α,β-unsaturated/α-hetero) is 1. The zero-order valence-electron chi connectivity index (χ0n) is 25.0. The molecule has 2 aromatic heterocycles. The zero-order chi connectivity index (χ0) is 31.5. The SMILES string of the molecule is CCN(C(=O)COCCC(=O)CN)[C@H]1CCc2c(C)c(F)cc3nc4c(c1c23)Cn1c-4cc2c(c1=O)COC(=O)[C@]2(O)CC. The fourth-order valence-corrected chi connectivity index (χ4v) is 6.94. The molecule has 44 heavy (non-hydrogen) atoms. The van der Waals surface area contributed by atoms with Gasteiger partial charge in [-0.25, -0.2) is 14.2 Å². The molecular weight excluding hydrogens is 571 g/mol. The Labute approximate surface area is 252 Å². The number of nitrogens with zero attached hydrogens (tertiary/aromatic N) is 3. The maximum absolute atomic E-state index is 15.2. The summed E-state index contributed by atoms with van der Waals surface area (Å²) in [4.78, 5) is 58.1. The molecule has 0 spiro atoms. The number of carbonyl (C=O) groups excluding carboxylic acids is 3. The standard InChI is InChI=1S/C32H35FN4O7/c1-4-32(42)21-10-25-29-19(13-37(25)30(40)20(21)14-44-31(32)41)28-24(36(5-2)26(39)15-43-9-8-17(38)12-34)7-6-18-16(3)22(33)11-23(35-29)27(18)28/h10-11,24,42H,4-9,12-15,34H2,1-3H3/t24-,32-/m0/s1. The predicted octanol–water partition coefficient (Wildman–Crippen LogP) is 2.30. The van der Waals surface area contributed by atoms with Crippen LogP contribution in [0.25, 0.3) is 22.3 Å². The quantitative estimate of drug-likeness (QED) is 0.216. The van der Waals surface area contributed by atoms with E-state index in [2.05, 4.69) is 0 Å². The Balaban J connectivity index is 1.50. The minimum atomic E-state index is -1.98. The minimum absolute atomic E-state index is 0.0108. The highest BCUT2D eigenvalue weighted by molar-refractivity contribution is 5.94. The fraction of sp³-hybridized carbons (Fsp3) is 0.469. The lowest BCUT2D eigenvalue weighted by molar-refractivity contribution is -0.172. The number of fused-ring (bicyclic) bond motifs is 5. The largest absolute Gasteiger partial charge is 0.458 e. The Morgan fingerprint density at radius 3 is 2.73 bits per heavy atom. The number of ketones is 1. The van der Waals surface area contributed by atoms with Crippen LogP contribution >= 0.6 is 0 Å². The molecule has 2 atom stereocenters. The molecule has 1 amide bonds. The van der Waals surface area contributed by atoms with Crippen molar-refractivity contribution in [2.24, 2.45) is 5.73 Å². The number of amides is 1. The van der Waals surface area contributed by atoms with Crippen LogP contribution in [0.5, 0.6) is 0 Å². The van der Waals surface area contributed by atoms with Crippen molar-refractivity contribution in [1.82, 2.24) is 14.5 Å². The molecule has 232 valence electrons. The van der Waals surface area contributed by atoms with E-state index in [-0.39, 0.29) is 68.6 Å². The molecule has 6 rings (SSSR count). The molecule has 1 aromatic carbocycles. The van der Waals surface area contributed by atoms with Gasteiger partial charge in [0, 0.05) is 35.5 Å². The number of aryl methyl sites for hydroxylation is 1. The average Bonchev–Trinajstić information content (AvgIpc) is 3.39. The van der Waals surface area contributed by atoms with Crippen molar-refractivity contribution < 1.29 is 33.4 Å². The van der Waals surface area contributed by atoms with Gasteiger partial charge in [0.25, 0.3) is 5.56 Å². The summed E-state index contributed by atoms with van der Waals surface area (Å²) in [6.45, 7) is 5.29. The number of cyclic esters (lactones) is 1. The lowest BCUT2D eigenvalue weighted by Crippen LogP contribution is -2.44. The van der Waals surface area contributed by atoms with Crippen LogP contribution in [0.2, 0.25) is 0 Å². The maximum atomic E-state index is 15.2.